The summed E-state index contributed by atoms with van der Waals surface area (Å²) in [5, 5.41) is 3.32. The van der Waals surface area contributed by atoms with Crippen molar-refractivity contribution in [2.45, 2.75) is 26.2 Å². The van der Waals surface area contributed by atoms with Crippen LogP contribution in [-0.2, 0) is 0 Å². The van der Waals surface area contributed by atoms with Gasteiger partial charge in [0.1, 0.15) is 6.33 Å². The third-order valence-electron chi connectivity index (χ3n) is 3.48. The van der Waals surface area contributed by atoms with Crippen LogP contribution in [0.3, 0.4) is 0 Å². The van der Waals surface area contributed by atoms with Crippen LogP contribution in [0.15, 0.2) is 6.33 Å². The maximum absolute atomic E-state index is 5.37. The average molecular weight is 237 g/mol. The fraction of sp³-hybridized carbons (Fsp3) is 0.636. The Bertz CT molecular complexity index is 391. The monoisotopic (exact) mass is 237 g/mol. The number of nitrogens with two attached hydrogens (primary N) is 1. The molecule has 0 amide bonds. The Hall–Kier alpha value is -1.56. The number of aromatic nitrogens is 2. The van der Waals surface area contributed by atoms with Crippen molar-refractivity contribution < 1.29 is 4.74 Å². The van der Waals surface area contributed by atoms with Crippen molar-refractivity contribution in [3.8, 4) is 5.75 Å². The van der Waals surface area contributed by atoms with Gasteiger partial charge in [-0.2, -0.15) is 0 Å². The fourth-order valence-corrected chi connectivity index (χ4v) is 1.90. The highest BCUT2D eigenvalue weighted by atomic mass is 16.5. The van der Waals surface area contributed by atoms with E-state index in [1.807, 2.05) is 0 Å². The van der Waals surface area contributed by atoms with Crippen LogP contribution < -0.4 is 21.3 Å². The Kier molecular flexibility index (Phi) is 3.33. The van der Waals surface area contributed by atoms with Gasteiger partial charge in [-0.25, -0.2) is 15.8 Å². The van der Waals surface area contributed by atoms with Gasteiger partial charge in [0.25, 0.3) is 0 Å². The SMILES string of the molecule is CCC1(CNc2ncnc(NN)c2OC)CC1. The van der Waals surface area contributed by atoms with E-state index in [9.17, 15) is 0 Å². The predicted octanol–water partition coefficient (Wildman–Crippen LogP) is 1.37. The zero-order valence-electron chi connectivity index (χ0n) is 10.3. The highest BCUT2D eigenvalue weighted by Crippen LogP contribution is 2.48. The van der Waals surface area contributed by atoms with Crippen LogP contribution in [0.4, 0.5) is 11.6 Å². The van der Waals surface area contributed by atoms with Crippen molar-refractivity contribution in [2.75, 3.05) is 24.4 Å². The molecule has 6 nitrogen and oxygen atoms in total. The van der Waals surface area contributed by atoms with E-state index in [-0.39, 0.29) is 0 Å². The largest absolute Gasteiger partial charge is 0.490 e. The number of hydrazine groups is 1. The summed E-state index contributed by atoms with van der Waals surface area (Å²) in [6, 6.07) is 0. The minimum absolute atomic E-state index is 0.451. The lowest BCUT2D eigenvalue weighted by molar-refractivity contribution is 0.413. The number of nitrogens with one attached hydrogen (secondary N) is 2. The normalized spacial score (nSPS) is 16.4. The number of nitrogens with zero attached hydrogens (tertiary/aromatic N) is 2. The van der Waals surface area contributed by atoms with Gasteiger partial charge in [-0.3, -0.25) is 0 Å². The average Bonchev–Trinajstić information content (AvgIpc) is 3.16. The second-order valence-electron chi connectivity index (χ2n) is 4.46. The molecule has 0 aromatic carbocycles. The lowest BCUT2D eigenvalue weighted by Crippen LogP contribution is -2.17. The van der Waals surface area contributed by atoms with Gasteiger partial charge in [-0.1, -0.05) is 6.92 Å². The van der Waals surface area contributed by atoms with E-state index in [1.165, 1.54) is 25.6 Å². The van der Waals surface area contributed by atoms with Crippen LogP contribution in [0, 0.1) is 5.41 Å². The van der Waals surface area contributed by atoms with Crippen LogP contribution in [0.1, 0.15) is 26.2 Å². The van der Waals surface area contributed by atoms with Gasteiger partial charge >= 0.3 is 0 Å². The number of rotatable bonds is 6. The summed E-state index contributed by atoms with van der Waals surface area (Å²) in [4.78, 5) is 8.18. The minimum atomic E-state index is 0.451. The van der Waals surface area contributed by atoms with Crippen molar-refractivity contribution in [1.29, 1.82) is 0 Å². The number of hydrogen-bond donors (Lipinski definition) is 3. The van der Waals surface area contributed by atoms with Crippen molar-refractivity contribution in [1.82, 2.24) is 9.97 Å². The topological polar surface area (TPSA) is 85.1 Å². The van der Waals surface area contributed by atoms with Crippen LogP contribution >= 0.6 is 0 Å². The molecule has 6 heteroatoms. The highest BCUT2D eigenvalue weighted by Gasteiger charge is 2.40. The molecule has 1 aromatic heterocycles. The molecule has 4 N–H and O–H groups in total. The molecule has 0 bridgehead atoms. The summed E-state index contributed by atoms with van der Waals surface area (Å²) < 4.78 is 5.26. The summed E-state index contributed by atoms with van der Waals surface area (Å²) in [5.41, 5.74) is 2.95. The predicted molar refractivity (Wildman–Crippen MR) is 66.8 cm³/mol. The maximum atomic E-state index is 5.37. The molecular weight excluding hydrogens is 218 g/mol. The molecule has 0 spiro atoms. The molecule has 0 saturated heterocycles. The lowest BCUT2D eigenvalue weighted by atomic mass is 10.0. The molecule has 1 aliphatic carbocycles. The Labute approximate surface area is 101 Å². The number of ether oxygens (including phenoxy) is 1. The summed E-state index contributed by atoms with van der Waals surface area (Å²) in [6.07, 6.45) is 5.22. The Morgan fingerprint density at radius 1 is 1.41 bits per heavy atom. The first-order valence-corrected chi connectivity index (χ1v) is 5.84. The van der Waals surface area contributed by atoms with Gasteiger partial charge in [-0.05, 0) is 24.7 Å². The number of methoxy groups -OCH3 is 1. The standard InChI is InChI=1S/C11H19N5O/c1-3-11(4-5-11)6-13-9-8(17-2)10(16-12)15-7-14-9/h7H,3-6,12H2,1-2H3,(H2,13,14,15,16). The molecule has 0 unspecified atom stereocenters. The molecule has 94 valence electrons. The van der Waals surface area contributed by atoms with E-state index in [0.29, 0.717) is 22.8 Å². The van der Waals surface area contributed by atoms with Gasteiger partial charge in [-0.15, -0.1) is 0 Å². The van der Waals surface area contributed by atoms with Crippen LogP contribution in [0.5, 0.6) is 5.75 Å². The first-order chi connectivity index (χ1) is 8.24. The van der Waals surface area contributed by atoms with E-state index in [0.717, 1.165) is 6.54 Å². The lowest BCUT2D eigenvalue weighted by Gasteiger charge is -2.16. The zero-order valence-corrected chi connectivity index (χ0v) is 10.3. The summed E-state index contributed by atoms with van der Waals surface area (Å²) in [5.74, 6) is 7.11. The van der Waals surface area contributed by atoms with E-state index >= 15 is 0 Å². The number of hydrogen-bond acceptors (Lipinski definition) is 6. The molecule has 1 heterocycles. The fourth-order valence-electron chi connectivity index (χ4n) is 1.90. The zero-order chi connectivity index (χ0) is 12.3. The molecule has 1 fully saturated rings. The van der Waals surface area contributed by atoms with Crippen molar-refractivity contribution in [3.05, 3.63) is 6.33 Å². The van der Waals surface area contributed by atoms with Gasteiger partial charge in [0.2, 0.25) is 5.75 Å². The smallest absolute Gasteiger partial charge is 0.205 e. The Morgan fingerprint density at radius 3 is 2.65 bits per heavy atom. The van der Waals surface area contributed by atoms with Crippen LogP contribution in [0.2, 0.25) is 0 Å². The summed E-state index contributed by atoms with van der Waals surface area (Å²) in [6.45, 7) is 3.14. The molecule has 0 atom stereocenters. The highest BCUT2D eigenvalue weighted by molar-refractivity contribution is 5.63. The molecule has 1 aromatic rings. The molecule has 1 aliphatic rings. The molecule has 2 rings (SSSR count). The van der Waals surface area contributed by atoms with Crippen LogP contribution in [-0.4, -0.2) is 23.6 Å². The molecular formula is C11H19N5O. The second kappa shape index (κ2) is 4.75. The van der Waals surface area contributed by atoms with Gasteiger partial charge in [0.05, 0.1) is 7.11 Å². The Balaban J connectivity index is 2.09. The third kappa shape index (κ3) is 2.41. The van der Waals surface area contributed by atoms with Gasteiger partial charge in [0.15, 0.2) is 11.6 Å². The van der Waals surface area contributed by atoms with Gasteiger partial charge in [0, 0.05) is 6.54 Å². The van der Waals surface area contributed by atoms with E-state index in [1.54, 1.807) is 7.11 Å². The quantitative estimate of drug-likeness (QED) is 0.512. The molecule has 0 radical (unpaired) electrons. The first kappa shape index (κ1) is 11.9. The van der Waals surface area contributed by atoms with Crippen molar-refractivity contribution >= 4 is 11.6 Å². The minimum Gasteiger partial charge on any atom is -0.490 e. The third-order valence-corrected chi connectivity index (χ3v) is 3.48. The number of anilines is 2. The van der Waals surface area contributed by atoms with E-state index in [4.69, 9.17) is 10.6 Å². The first-order valence-electron chi connectivity index (χ1n) is 5.84. The summed E-state index contributed by atoms with van der Waals surface area (Å²) >= 11 is 0. The molecule has 0 aliphatic heterocycles. The van der Waals surface area contributed by atoms with Crippen molar-refractivity contribution in [2.24, 2.45) is 11.3 Å². The number of nitrogen functional groups attached to an aromatic ring is 1. The second-order valence-corrected chi connectivity index (χ2v) is 4.46. The summed E-state index contributed by atoms with van der Waals surface area (Å²) in [7, 11) is 1.58. The van der Waals surface area contributed by atoms with E-state index in [2.05, 4.69) is 27.6 Å². The van der Waals surface area contributed by atoms with Crippen molar-refractivity contribution in [3.63, 3.8) is 0 Å². The van der Waals surface area contributed by atoms with Gasteiger partial charge < -0.3 is 15.5 Å². The Morgan fingerprint density at radius 2 is 2.12 bits per heavy atom. The van der Waals surface area contributed by atoms with Crippen LogP contribution in [0.25, 0.3) is 0 Å². The van der Waals surface area contributed by atoms with E-state index < -0.39 is 0 Å². The molecule has 17 heavy (non-hydrogen) atoms. The molecule has 1 saturated carbocycles. The maximum Gasteiger partial charge on any atom is 0.205 e.